The number of aryl methyl sites for hydroxylation is 2. The summed E-state index contributed by atoms with van der Waals surface area (Å²) in [4.78, 5) is 12.9. The fraction of sp³-hybridized carbons (Fsp3) is 0.800. The van der Waals surface area contributed by atoms with Crippen molar-refractivity contribution in [1.82, 2.24) is 20.5 Å². The molecule has 1 aliphatic carbocycles. The van der Waals surface area contributed by atoms with Crippen molar-refractivity contribution < 1.29 is 0 Å². The molecule has 0 spiro atoms. The molecule has 1 saturated heterocycles. The molecule has 0 aromatic carbocycles. The van der Waals surface area contributed by atoms with Crippen LogP contribution in [0.1, 0.15) is 60.5 Å². The first kappa shape index (κ1) is 19.6. The number of hydrogen-bond acceptors (Lipinski definition) is 4. The highest BCUT2D eigenvalue weighted by molar-refractivity contribution is 7.11. The maximum atomic E-state index is 4.50. The molecule has 1 saturated carbocycles. The highest BCUT2D eigenvalue weighted by Gasteiger charge is 2.27. The number of nitrogens with zero attached hydrogens (tertiary/aromatic N) is 3. The summed E-state index contributed by atoms with van der Waals surface area (Å²) in [5, 5.41) is 8.14. The molecule has 6 heteroatoms. The minimum absolute atomic E-state index is 0.655. The Balaban J connectivity index is 1.44. The zero-order valence-corrected chi connectivity index (χ0v) is 17.5. The summed E-state index contributed by atoms with van der Waals surface area (Å²) in [5.74, 6) is 1.83. The summed E-state index contributed by atoms with van der Waals surface area (Å²) in [6, 6.07) is 0.655. The highest BCUT2D eigenvalue weighted by atomic mass is 32.1. The van der Waals surface area contributed by atoms with Gasteiger partial charge in [-0.25, -0.2) is 4.98 Å². The maximum Gasteiger partial charge on any atom is 0.191 e. The molecule has 1 aliphatic heterocycles. The van der Waals surface area contributed by atoms with Gasteiger partial charge in [-0.3, -0.25) is 9.89 Å². The first-order valence-electron chi connectivity index (χ1n) is 10.3. The number of likely N-dealkylation sites (tertiary alicyclic amines) is 1. The molecule has 5 nitrogen and oxygen atoms in total. The molecule has 2 heterocycles. The van der Waals surface area contributed by atoms with Crippen molar-refractivity contribution in [3.8, 4) is 0 Å². The average molecular weight is 378 g/mol. The molecule has 2 fully saturated rings. The number of aromatic nitrogens is 1. The van der Waals surface area contributed by atoms with Gasteiger partial charge >= 0.3 is 0 Å². The van der Waals surface area contributed by atoms with E-state index in [1.165, 1.54) is 62.9 Å². The number of guanidine groups is 1. The van der Waals surface area contributed by atoms with Crippen molar-refractivity contribution >= 4 is 17.3 Å². The molecule has 146 valence electrons. The van der Waals surface area contributed by atoms with Crippen LogP contribution >= 0.6 is 11.3 Å². The number of aliphatic imine (C=N–C) groups is 1. The number of rotatable bonds is 6. The van der Waals surface area contributed by atoms with Gasteiger partial charge in [0.05, 0.1) is 17.2 Å². The zero-order chi connectivity index (χ0) is 18.4. The lowest BCUT2D eigenvalue weighted by Gasteiger charge is -2.31. The fourth-order valence-electron chi connectivity index (χ4n) is 4.40. The molecule has 2 N–H and O–H groups in total. The largest absolute Gasteiger partial charge is 0.355 e. The van der Waals surface area contributed by atoms with Gasteiger partial charge in [-0.05, 0) is 52.0 Å². The number of nitrogens with one attached hydrogen (secondary N) is 2. The molecule has 0 bridgehead atoms. The van der Waals surface area contributed by atoms with Crippen LogP contribution in [-0.4, -0.2) is 48.6 Å². The van der Waals surface area contributed by atoms with Crippen LogP contribution in [0.15, 0.2) is 4.99 Å². The molecule has 26 heavy (non-hydrogen) atoms. The molecular weight excluding hydrogens is 342 g/mol. The van der Waals surface area contributed by atoms with Crippen LogP contribution in [0.25, 0.3) is 0 Å². The third kappa shape index (κ3) is 5.43. The van der Waals surface area contributed by atoms with Gasteiger partial charge in [-0.2, -0.15) is 0 Å². The van der Waals surface area contributed by atoms with Gasteiger partial charge in [-0.1, -0.05) is 19.3 Å². The Labute approximate surface area is 162 Å². The summed E-state index contributed by atoms with van der Waals surface area (Å²) >= 11 is 1.77. The van der Waals surface area contributed by atoms with Gasteiger partial charge < -0.3 is 10.6 Å². The number of hydrogen-bond donors (Lipinski definition) is 2. The van der Waals surface area contributed by atoms with Gasteiger partial charge in [0.25, 0.3) is 0 Å². The zero-order valence-electron chi connectivity index (χ0n) is 16.7. The van der Waals surface area contributed by atoms with E-state index >= 15 is 0 Å². The van der Waals surface area contributed by atoms with Crippen molar-refractivity contribution in [2.75, 3.05) is 26.7 Å². The predicted molar refractivity (Wildman–Crippen MR) is 111 cm³/mol. The van der Waals surface area contributed by atoms with E-state index in [0.717, 1.165) is 35.7 Å². The second-order valence-corrected chi connectivity index (χ2v) is 9.13. The summed E-state index contributed by atoms with van der Waals surface area (Å²) in [6.45, 7) is 8.51. The summed E-state index contributed by atoms with van der Waals surface area (Å²) in [7, 11) is 1.86. The lowest BCUT2D eigenvalue weighted by molar-refractivity contribution is 0.188. The molecule has 1 aromatic rings. The molecule has 3 rings (SSSR count). The molecule has 0 radical (unpaired) electrons. The Morgan fingerprint density at radius 2 is 1.96 bits per heavy atom. The van der Waals surface area contributed by atoms with E-state index in [4.69, 9.17) is 0 Å². The van der Waals surface area contributed by atoms with E-state index in [-0.39, 0.29) is 0 Å². The van der Waals surface area contributed by atoms with Gasteiger partial charge in [0.1, 0.15) is 0 Å². The van der Waals surface area contributed by atoms with Gasteiger partial charge in [0.15, 0.2) is 5.96 Å². The third-order valence-electron chi connectivity index (χ3n) is 5.86. The fourth-order valence-corrected chi connectivity index (χ4v) is 5.28. The third-order valence-corrected chi connectivity index (χ3v) is 6.93. The standard InChI is InChI=1S/C20H35N5S/c1-15-19(26-16(2)24-15)13-23-20(21-3)22-12-18-10-7-11-25(18)14-17-8-5-4-6-9-17/h17-18H,4-14H2,1-3H3,(H2,21,22,23). The van der Waals surface area contributed by atoms with Gasteiger partial charge in [0, 0.05) is 31.1 Å². The Morgan fingerprint density at radius 1 is 1.15 bits per heavy atom. The summed E-state index contributed by atoms with van der Waals surface area (Å²) < 4.78 is 0. The SMILES string of the molecule is CN=C(NCc1sc(C)nc1C)NCC1CCCN1CC1CCCCC1. The van der Waals surface area contributed by atoms with E-state index in [0.29, 0.717) is 6.04 Å². The minimum Gasteiger partial charge on any atom is -0.355 e. The normalized spacial score (nSPS) is 22.7. The Kier molecular flexibility index (Phi) is 7.32. The van der Waals surface area contributed by atoms with Crippen LogP contribution in [0.5, 0.6) is 0 Å². The maximum absolute atomic E-state index is 4.50. The Bertz CT molecular complexity index is 591. The summed E-state index contributed by atoms with van der Waals surface area (Å²) in [6.07, 6.45) is 9.85. The topological polar surface area (TPSA) is 52.6 Å². The molecule has 1 unspecified atom stereocenters. The second kappa shape index (κ2) is 9.70. The van der Waals surface area contributed by atoms with Crippen LogP contribution in [0, 0.1) is 19.8 Å². The average Bonchev–Trinajstić information content (AvgIpc) is 3.21. The van der Waals surface area contributed by atoms with Crippen LogP contribution in [0.3, 0.4) is 0 Å². The predicted octanol–water partition coefficient (Wildman–Crippen LogP) is 3.47. The number of thiazole rings is 1. The monoisotopic (exact) mass is 377 g/mol. The van der Waals surface area contributed by atoms with Crippen LogP contribution in [0.2, 0.25) is 0 Å². The Morgan fingerprint density at radius 3 is 2.65 bits per heavy atom. The quantitative estimate of drug-likeness (QED) is 0.589. The van der Waals surface area contributed by atoms with E-state index in [9.17, 15) is 0 Å². The molecule has 1 aromatic heterocycles. The van der Waals surface area contributed by atoms with E-state index in [1.54, 1.807) is 11.3 Å². The smallest absolute Gasteiger partial charge is 0.191 e. The van der Waals surface area contributed by atoms with Crippen LogP contribution in [0.4, 0.5) is 0 Å². The van der Waals surface area contributed by atoms with Gasteiger partial charge in [-0.15, -0.1) is 11.3 Å². The second-order valence-electron chi connectivity index (χ2n) is 7.84. The lowest BCUT2D eigenvalue weighted by atomic mass is 9.89. The van der Waals surface area contributed by atoms with Crippen molar-refractivity contribution in [3.63, 3.8) is 0 Å². The van der Waals surface area contributed by atoms with E-state index in [2.05, 4.69) is 39.4 Å². The van der Waals surface area contributed by atoms with Crippen molar-refractivity contribution in [3.05, 3.63) is 15.6 Å². The molecule has 2 aliphatic rings. The van der Waals surface area contributed by atoms with Crippen LogP contribution in [-0.2, 0) is 6.54 Å². The molecule has 1 atom stereocenters. The van der Waals surface area contributed by atoms with Crippen molar-refractivity contribution in [2.24, 2.45) is 10.9 Å². The molecule has 0 amide bonds. The summed E-state index contributed by atoms with van der Waals surface area (Å²) in [5.41, 5.74) is 1.13. The van der Waals surface area contributed by atoms with Gasteiger partial charge in [0.2, 0.25) is 0 Å². The molecular formula is C20H35N5S. The first-order valence-corrected chi connectivity index (χ1v) is 11.1. The Hall–Kier alpha value is -1.14. The van der Waals surface area contributed by atoms with E-state index < -0.39 is 0 Å². The van der Waals surface area contributed by atoms with Crippen molar-refractivity contribution in [2.45, 2.75) is 71.4 Å². The van der Waals surface area contributed by atoms with Crippen molar-refractivity contribution in [1.29, 1.82) is 0 Å². The van der Waals surface area contributed by atoms with E-state index in [1.807, 2.05) is 7.05 Å². The first-order chi connectivity index (χ1) is 12.7. The minimum atomic E-state index is 0.655. The highest BCUT2D eigenvalue weighted by Crippen LogP contribution is 2.27. The van der Waals surface area contributed by atoms with Crippen LogP contribution < -0.4 is 10.6 Å². The lowest BCUT2D eigenvalue weighted by Crippen LogP contribution is -2.45.